The highest BCUT2D eigenvalue weighted by Crippen LogP contribution is 2.30. The third kappa shape index (κ3) is 1.91. The van der Waals surface area contributed by atoms with Crippen molar-refractivity contribution in [1.29, 1.82) is 0 Å². The molecule has 0 fully saturated rings. The fourth-order valence-electron chi connectivity index (χ4n) is 2.25. The zero-order chi connectivity index (χ0) is 12.5. The minimum atomic E-state index is 1.06. The summed E-state index contributed by atoms with van der Waals surface area (Å²) >= 11 is 4.62. The molecule has 0 saturated heterocycles. The van der Waals surface area contributed by atoms with E-state index in [-0.39, 0.29) is 0 Å². The summed E-state index contributed by atoms with van der Waals surface area (Å²) in [5.41, 5.74) is 3.63. The SMILES string of the molecule is Cc1cccc(-c2ccc3ccccc3c2)c1S. The lowest BCUT2D eigenvalue weighted by atomic mass is 10.00. The van der Waals surface area contributed by atoms with Crippen LogP contribution in [0.15, 0.2) is 65.6 Å². The van der Waals surface area contributed by atoms with Crippen LogP contribution in [0, 0.1) is 6.92 Å². The monoisotopic (exact) mass is 250 g/mol. The molecule has 3 aromatic carbocycles. The molecule has 0 atom stereocenters. The highest BCUT2D eigenvalue weighted by molar-refractivity contribution is 7.80. The van der Waals surface area contributed by atoms with Gasteiger partial charge in [-0.1, -0.05) is 54.6 Å². The van der Waals surface area contributed by atoms with Crippen LogP contribution < -0.4 is 0 Å². The quantitative estimate of drug-likeness (QED) is 0.570. The van der Waals surface area contributed by atoms with Crippen molar-refractivity contribution in [2.24, 2.45) is 0 Å². The van der Waals surface area contributed by atoms with Gasteiger partial charge in [-0.3, -0.25) is 0 Å². The molecule has 0 spiro atoms. The van der Waals surface area contributed by atoms with Crippen molar-refractivity contribution in [2.75, 3.05) is 0 Å². The molecule has 18 heavy (non-hydrogen) atoms. The fraction of sp³-hybridized carbons (Fsp3) is 0.0588. The highest BCUT2D eigenvalue weighted by Gasteiger charge is 2.04. The predicted molar refractivity (Wildman–Crippen MR) is 81.4 cm³/mol. The van der Waals surface area contributed by atoms with E-state index in [9.17, 15) is 0 Å². The summed E-state index contributed by atoms with van der Waals surface area (Å²) in [6.07, 6.45) is 0. The molecular formula is C17H14S. The first-order valence-corrected chi connectivity index (χ1v) is 6.48. The van der Waals surface area contributed by atoms with E-state index in [2.05, 4.69) is 80.2 Å². The minimum Gasteiger partial charge on any atom is -0.143 e. The Kier molecular flexibility index (Phi) is 2.85. The highest BCUT2D eigenvalue weighted by atomic mass is 32.1. The zero-order valence-corrected chi connectivity index (χ0v) is 11.1. The van der Waals surface area contributed by atoms with E-state index in [0.29, 0.717) is 0 Å². The molecular weight excluding hydrogens is 236 g/mol. The van der Waals surface area contributed by atoms with Gasteiger partial charge in [0.25, 0.3) is 0 Å². The second-order valence-corrected chi connectivity index (χ2v) is 4.98. The number of hydrogen-bond acceptors (Lipinski definition) is 1. The molecule has 0 saturated carbocycles. The first-order chi connectivity index (χ1) is 8.75. The molecule has 0 bridgehead atoms. The lowest BCUT2D eigenvalue weighted by Gasteiger charge is -2.09. The molecule has 3 aromatic rings. The summed E-state index contributed by atoms with van der Waals surface area (Å²) in [5, 5.41) is 2.54. The number of benzene rings is 3. The first kappa shape index (κ1) is 11.4. The smallest absolute Gasteiger partial charge is 0.0148 e. The van der Waals surface area contributed by atoms with E-state index in [1.807, 2.05) is 0 Å². The minimum absolute atomic E-state index is 1.06. The van der Waals surface area contributed by atoms with Gasteiger partial charge in [-0.15, -0.1) is 12.6 Å². The summed E-state index contributed by atoms with van der Waals surface area (Å²) < 4.78 is 0. The Morgan fingerprint density at radius 1 is 0.778 bits per heavy atom. The van der Waals surface area contributed by atoms with E-state index >= 15 is 0 Å². The van der Waals surface area contributed by atoms with Crippen LogP contribution in [0.5, 0.6) is 0 Å². The van der Waals surface area contributed by atoms with Crippen LogP contribution in [0.25, 0.3) is 21.9 Å². The molecule has 0 aliphatic heterocycles. The van der Waals surface area contributed by atoms with Crippen molar-refractivity contribution < 1.29 is 0 Å². The summed E-state index contributed by atoms with van der Waals surface area (Å²) in [6.45, 7) is 2.09. The Bertz CT molecular complexity index is 714. The van der Waals surface area contributed by atoms with Gasteiger partial charge in [0.15, 0.2) is 0 Å². The number of aryl methyl sites for hydroxylation is 1. The Morgan fingerprint density at radius 3 is 2.39 bits per heavy atom. The van der Waals surface area contributed by atoms with Gasteiger partial charge in [0.05, 0.1) is 0 Å². The predicted octanol–water partition coefficient (Wildman–Crippen LogP) is 5.10. The van der Waals surface area contributed by atoms with Gasteiger partial charge in [-0.2, -0.15) is 0 Å². The van der Waals surface area contributed by atoms with Crippen LogP contribution in [0.4, 0.5) is 0 Å². The molecule has 0 aliphatic rings. The molecule has 0 heterocycles. The van der Waals surface area contributed by atoms with Crippen molar-refractivity contribution >= 4 is 23.4 Å². The van der Waals surface area contributed by atoms with Crippen LogP contribution in [-0.4, -0.2) is 0 Å². The van der Waals surface area contributed by atoms with Crippen LogP contribution in [0.3, 0.4) is 0 Å². The Hall–Kier alpha value is -1.73. The number of hydrogen-bond donors (Lipinski definition) is 1. The summed E-state index contributed by atoms with van der Waals surface area (Å²) in [7, 11) is 0. The molecule has 1 heteroatoms. The molecule has 0 amide bonds. The standard InChI is InChI=1S/C17H14S/c1-12-5-4-8-16(17(12)18)15-10-9-13-6-2-3-7-14(13)11-15/h2-11,18H,1H3. The van der Waals surface area contributed by atoms with Gasteiger partial charge in [0, 0.05) is 4.90 Å². The van der Waals surface area contributed by atoms with E-state index in [1.54, 1.807) is 0 Å². The zero-order valence-electron chi connectivity index (χ0n) is 10.2. The van der Waals surface area contributed by atoms with Gasteiger partial charge < -0.3 is 0 Å². The van der Waals surface area contributed by atoms with Gasteiger partial charge in [0.2, 0.25) is 0 Å². The largest absolute Gasteiger partial charge is 0.143 e. The maximum absolute atomic E-state index is 4.62. The lowest BCUT2D eigenvalue weighted by molar-refractivity contribution is 1.31. The summed E-state index contributed by atoms with van der Waals surface area (Å²) in [5.74, 6) is 0. The number of fused-ring (bicyclic) bond motifs is 1. The van der Waals surface area contributed by atoms with Gasteiger partial charge in [0.1, 0.15) is 0 Å². The molecule has 88 valence electrons. The van der Waals surface area contributed by atoms with Crippen molar-refractivity contribution in [3.8, 4) is 11.1 Å². The molecule has 0 unspecified atom stereocenters. The van der Waals surface area contributed by atoms with Crippen LogP contribution in [0.1, 0.15) is 5.56 Å². The van der Waals surface area contributed by atoms with E-state index < -0.39 is 0 Å². The summed E-state index contributed by atoms with van der Waals surface area (Å²) in [6, 6.07) is 21.3. The third-order valence-electron chi connectivity index (χ3n) is 3.30. The average Bonchev–Trinajstić information content (AvgIpc) is 2.41. The Labute approximate surface area is 113 Å². The maximum Gasteiger partial charge on any atom is 0.0148 e. The fourth-order valence-corrected chi connectivity index (χ4v) is 2.53. The topological polar surface area (TPSA) is 0 Å². The Morgan fingerprint density at radius 2 is 1.56 bits per heavy atom. The van der Waals surface area contributed by atoms with Crippen LogP contribution >= 0.6 is 12.6 Å². The van der Waals surface area contributed by atoms with Gasteiger partial charge >= 0.3 is 0 Å². The van der Waals surface area contributed by atoms with E-state index in [0.717, 1.165) is 4.90 Å². The van der Waals surface area contributed by atoms with Crippen molar-refractivity contribution in [3.05, 3.63) is 66.2 Å². The third-order valence-corrected chi connectivity index (χ3v) is 3.89. The van der Waals surface area contributed by atoms with Crippen LogP contribution in [-0.2, 0) is 0 Å². The first-order valence-electron chi connectivity index (χ1n) is 6.03. The molecule has 0 aromatic heterocycles. The molecule has 0 aliphatic carbocycles. The van der Waals surface area contributed by atoms with Crippen molar-refractivity contribution in [1.82, 2.24) is 0 Å². The maximum atomic E-state index is 4.62. The molecule has 3 rings (SSSR count). The van der Waals surface area contributed by atoms with Crippen LogP contribution in [0.2, 0.25) is 0 Å². The second-order valence-electron chi connectivity index (χ2n) is 4.53. The van der Waals surface area contributed by atoms with Gasteiger partial charge in [-0.25, -0.2) is 0 Å². The molecule has 0 radical (unpaired) electrons. The van der Waals surface area contributed by atoms with E-state index in [1.165, 1.54) is 27.5 Å². The van der Waals surface area contributed by atoms with Crippen molar-refractivity contribution in [3.63, 3.8) is 0 Å². The van der Waals surface area contributed by atoms with Gasteiger partial charge in [-0.05, 0) is 40.5 Å². The lowest BCUT2D eigenvalue weighted by Crippen LogP contribution is -1.84. The normalized spacial score (nSPS) is 10.8. The molecule has 0 N–H and O–H groups in total. The van der Waals surface area contributed by atoms with E-state index in [4.69, 9.17) is 0 Å². The number of thiol groups is 1. The average molecular weight is 250 g/mol. The summed E-state index contributed by atoms with van der Waals surface area (Å²) in [4.78, 5) is 1.06. The van der Waals surface area contributed by atoms with Crippen molar-refractivity contribution in [2.45, 2.75) is 11.8 Å². The molecule has 0 nitrogen and oxygen atoms in total. The Balaban J connectivity index is 2.22. The second kappa shape index (κ2) is 4.51. The number of rotatable bonds is 1.